The topological polar surface area (TPSA) is 105 Å². The number of amides is 2. The highest BCUT2D eigenvalue weighted by atomic mass is 32.2. The predicted octanol–water partition coefficient (Wildman–Crippen LogP) is 2.61. The first-order valence-electron chi connectivity index (χ1n) is 7.32. The summed E-state index contributed by atoms with van der Waals surface area (Å²) in [5.74, 6) is 0. The molecule has 0 saturated heterocycles. The molecule has 130 valence electrons. The van der Waals surface area contributed by atoms with Gasteiger partial charge in [0.2, 0.25) is 10.0 Å². The lowest BCUT2D eigenvalue weighted by molar-refractivity contribution is 0.220. The van der Waals surface area contributed by atoms with Crippen molar-refractivity contribution in [2.45, 2.75) is 11.4 Å². The molecule has 0 aliphatic carbocycles. The number of anilines is 1. The van der Waals surface area contributed by atoms with Crippen molar-refractivity contribution >= 4 is 43.3 Å². The molecule has 25 heavy (non-hydrogen) atoms. The number of carbonyl (C=O) groups is 1. The van der Waals surface area contributed by atoms with Crippen molar-refractivity contribution in [3.05, 3.63) is 53.5 Å². The van der Waals surface area contributed by atoms with Gasteiger partial charge in [-0.25, -0.2) is 23.3 Å². The number of aromatic nitrogens is 1. The van der Waals surface area contributed by atoms with Gasteiger partial charge < -0.3 is 10.2 Å². The van der Waals surface area contributed by atoms with E-state index in [2.05, 4.69) is 10.3 Å². The largest absolute Gasteiger partial charge is 0.321 e. The molecule has 0 radical (unpaired) electrons. The van der Waals surface area contributed by atoms with Crippen molar-refractivity contribution in [2.24, 2.45) is 5.14 Å². The third-order valence-corrected chi connectivity index (χ3v) is 5.44. The molecule has 0 aliphatic rings. The van der Waals surface area contributed by atoms with Crippen molar-refractivity contribution in [1.29, 1.82) is 0 Å². The summed E-state index contributed by atoms with van der Waals surface area (Å²) >= 11 is 1.54. The average molecular weight is 376 g/mol. The Hall–Kier alpha value is -2.49. The zero-order valence-electron chi connectivity index (χ0n) is 13.3. The minimum Gasteiger partial charge on any atom is -0.321 e. The molecule has 0 unspecified atom stereocenters. The van der Waals surface area contributed by atoms with Gasteiger partial charge in [-0.3, -0.25) is 0 Å². The summed E-state index contributed by atoms with van der Waals surface area (Å²) in [5.41, 5.74) is 1.39. The molecule has 0 atom stereocenters. The molecule has 2 aromatic carbocycles. The third-order valence-electron chi connectivity index (χ3n) is 3.49. The first kappa shape index (κ1) is 17.3. The predicted molar refractivity (Wildman–Crippen MR) is 97.9 cm³/mol. The standard InChI is InChI=1S/C16H16N4O3S2/c1-20(10-15-19-13-4-2-3-5-14(13)24-15)16(21)18-11-6-8-12(9-7-11)25(17,22)23/h2-9H,10H2,1H3,(H,18,21)(H2,17,22,23). The Morgan fingerprint density at radius 1 is 1.20 bits per heavy atom. The number of primary sulfonamides is 1. The van der Waals surface area contributed by atoms with Crippen LogP contribution in [0.25, 0.3) is 10.2 Å². The Morgan fingerprint density at radius 3 is 2.52 bits per heavy atom. The SMILES string of the molecule is CN(Cc1nc2ccccc2s1)C(=O)Nc1ccc(S(N)(=O)=O)cc1. The molecule has 1 aromatic heterocycles. The number of thiazole rings is 1. The van der Waals surface area contributed by atoms with Gasteiger partial charge >= 0.3 is 6.03 Å². The summed E-state index contributed by atoms with van der Waals surface area (Å²) in [6.45, 7) is 0.375. The van der Waals surface area contributed by atoms with Crippen LogP contribution in [0.5, 0.6) is 0 Å². The van der Waals surface area contributed by atoms with Crippen LogP contribution < -0.4 is 10.5 Å². The number of sulfonamides is 1. The summed E-state index contributed by atoms with van der Waals surface area (Å²) in [6.07, 6.45) is 0. The van der Waals surface area contributed by atoms with E-state index < -0.39 is 10.0 Å². The Labute approximate surface area is 149 Å². The van der Waals surface area contributed by atoms with Gasteiger partial charge in [-0.05, 0) is 36.4 Å². The zero-order valence-corrected chi connectivity index (χ0v) is 15.0. The number of carbonyl (C=O) groups excluding carboxylic acids is 1. The second-order valence-corrected chi connectivity index (χ2v) is 8.11. The normalized spacial score (nSPS) is 11.4. The van der Waals surface area contributed by atoms with Crippen LogP contribution in [0.3, 0.4) is 0 Å². The highest BCUT2D eigenvalue weighted by Crippen LogP contribution is 2.22. The van der Waals surface area contributed by atoms with E-state index in [0.29, 0.717) is 12.2 Å². The van der Waals surface area contributed by atoms with Gasteiger partial charge in [-0.2, -0.15) is 0 Å². The number of rotatable bonds is 4. The Bertz CT molecular complexity index is 980. The molecule has 0 fully saturated rings. The van der Waals surface area contributed by atoms with Gasteiger partial charge in [-0.15, -0.1) is 11.3 Å². The fourth-order valence-corrected chi connectivity index (χ4v) is 3.75. The van der Waals surface area contributed by atoms with E-state index >= 15 is 0 Å². The van der Waals surface area contributed by atoms with Gasteiger partial charge in [0.15, 0.2) is 0 Å². The number of urea groups is 1. The van der Waals surface area contributed by atoms with Crippen LogP contribution >= 0.6 is 11.3 Å². The lowest BCUT2D eigenvalue weighted by atomic mass is 10.3. The molecule has 3 rings (SSSR count). The summed E-state index contributed by atoms with van der Waals surface area (Å²) in [7, 11) is -2.08. The molecular formula is C16H16N4O3S2. The Kier molecular flexibility index (Phi) is 4.71. The van der Waals surface area contributed by atoms with E-state index in [1.54, 1.807) is 18.4 Å². The van der Waals surface area contributed by atoms with Crippen molar-refractivity contribution in [3.8, 4) is 0 Å². The lowest BCUT2D eigenvalue weighted by Crippen LogP contribution is -2.30. The van der Waals surface area contributed by atoms with Crippen LogP contribution in [-0.4, -0.2) is 31.4 Å². The minimum absolute atomic E-state index is 0.00618. The number of para-hydroxylation sites is 1. The quantitative estimate of drug-likeness (QED) is 0.730. The van der Waals surface area contributed by atoms with E-state index in [1.807, 2.05) is 24.3 Å². The van der Waals surface area contributed by atoms with Gasteiger partial charge in [-0.1, -0.05) is 12.1 Å². The molecule has 9 heteroatoms. The van der Waals surface area contributed by atoms with Crippen molar-refractivity contribution in [2.75, 3.05) is 12.4 Å². The van der Waals surface area contributed by atoms with Crippen LogP contribution in [0, 0.1) is 0 Å². The molecule has 0 aliphatic heterocycles. The highest BCUT2D eigenvalue weighted by Gasteiger charge is 2.13. The molecular weight excluding hydrogens is 360 g/mol. The van der Waals surface area contributed by atoms with Crippen molar-refractivity contribution in [3.63, 3.8) is 0 Å². The molecule has 1 heterocycles. The van der Waals surface area contributed by atoms with E-state index in [4.69, 9.17) is 5.14 Å². The summed E-state index contributed by atoms with van der Waals surface area (Å²) in [5, 5.41) is 8.58. The first-order chi connectivity index (χ1) is 11.8. The number of nitrogens with one attached hydrogen (secondary N) is 1. The summed E-state index contributed by atoms with van der Waals surface area (Å²) in [6, 6.07) is 13.2. The summed E-state index contributed by atoms with van der Waals surface area (Å²) in [4.78, 5) is 18.3. The number of benzene rings is 2. The summed E-state index contributed by atoms with van der Waals surface area (Å²) < 4.78 is 23.5. The molecule has 3 N–H and O–H groups in total. The van der Waals surface area contributed by atoms with Gasteiger partial charge in [0.25, 0.3) is 0 Å². The maximum Gasteiger partial charge on any atom is 0.321 e. The van der Waals surface area contributed by atoms with Crippen LogP contribution in [0.1, 0.15) is 5.01 Å². The molecule has 2 amide bonds. The maximum absolute atomic E-state index is 12.3. The van der Waals surface area contributed by atoms with Gasteiger partial charge in [0, 0.05) is 12.7 Å². The van der Waals surface area contributed by atoms with E-state index in [-0.39, 0.29) is 10.9 Å². The number of nitrogens with zero attached hydrogens (tertiary/aromatic N) is 2. The van der Waals surface area contributed by atoms with Gasteiger partial charge in [0.05, 0.1) is 21.7 Å². The van der Waals surface area contributed by atoms with Crippen LogP contribution in [-0.2, 0) is 16.6 Å². The maximum atomic E-state index is 12.3. The van der Waals surface area contributed by atoms with E-state index in [0.717, 1.165) is 15.2 Å². The van der Waals surface area contributed by atoms with E-state index in [9.17, 15) is 13.2 Å². The van der Waals surface area contributed by atoms with Gasteiger partial charge in [0.1, 0.15) is 5.01 Å². The minimum atomic E-state index is -3.75. The number of nitrogens with two attached hydrogens (primary N) is 1. The second-order valence-electron chi connectivity index (χ2n) is 5.43. The van der Waals surface area contributed by atoms with Crippen LogP contribution in [0.4, 0.5) is 10.5 Å². The fraction of sp³-hybridized carbons (Fsp3) is 0.125. The van der Waals surface area contributed by atoms with Crippen LogP contribution in [0.2, 0.25) is 0 Å². The molecule has 7 nitrogen and oxygen atoms in total. The lowest BCUT2D eigenvalue weighted by Gasteiger charge is -2.16. The number of hydrogen-bond acceptors (Lipinski definition) is 5. The zero-order chi connectivity index (χ0) is 18.0. The van der Waals surface area contributed by atoms with Crippen LogP contribution in [0.15, 0.2) is 53.4 Å². The number of fused-ring (bicyclic) bond motifs is 1. The Morgan fingerprint density at radius 2 is 1.88 bits per heavy atom. The smallest absolute Gasteiger partial charge is 0.321 e. The highest BCUT2D eigenvalue weighted by molar-refractivity contribution is 7.89. The second kappa shape index (κ2) is 6.79. The molecule has 0 saturated carbocycles. The monoisotopic (exact) mass is 376 g/mol. The van der Waals surface area contributed by atoms with E-state index in [1.165, 1.54) is 29.2 Å². The average Bonchev–Trinajstić information content (AvgIpc) is 2.96. The molecule has 0 spiro atoms. The molecule has 0 bridgehead atoms. The van der Waals surface area contributed by atoms with Crippen molar-refractivity contribution in [1.82, 2.24) is 9.88 Å². The van der Waals surface area contributed by atoms with Crippen molar-refractivity contribution < 1.29 is 13.2 Å². The third kappa shape index (κ3) is 4.13. The Balaban J connectivity index is 1.66. The first-order valence-corrected chi connectivity index (χ1v) is 9.68. The number of hydrogen-bond donors (Lipinski definition) is 2. The fourth-order valence-electron chi connectivity index (χ4n) is 2.21. The molecule has 3 aromatic rings.